The highest BCUT2D eigenvalue weighted by Crippen LogP contribution is 2.28. The lowest BCUT2D eigenvalue weighted by molar-refractivity contribution is 0.100. The van der Waals surface area contributed by atoms with E-state index in [1.165, 1.54) is 23.9 Å². The number of halogens is 2. The number of fused-ring (bicyclic) bond motifs is 1. The number of carbonyl (C=O) groups excluding carboxylic acids is 1. The van der Waals surface area contributed by atoms with Crippen LogP contribution in [0, 0.1) is 5.95 Å². The molecule has 1 heterocycles. The number of amides is 1. The van der Waals surface area contributed by atoms with Crippen molar-refractivity contribution in [3.8, 4) is 0 Å². The zero-order valence-electron chi connectivity index (χ0n) is 11.8. The van der Waals surface area contributed by atoms with Crippen molar-refractivity contribution in [2.75, 3.05) is 4.42 Å². The van der Waals surface area contributed by atoms with Gasteiger partial charge in [-0.15, -0.1) is 0 Å². The molecule has 3 rings (SSSR count). The predicted molar refractivity (Wildman–Crippen MR) is 83.3 cm³/mol. The Morgan fingerprint density at radius 1 is 1.36 bits per heavy atom. The molecule has 2 aromatic rings. The quantitative estimate of drug-likeness (QED) is 0.684. The van der Waals surface area contributed by atoms with Crippen LogP contribution in [0.2, 0.25) is 0 Å². The van der Waals surface area contributed by atoms with Gasteiger partial charge in [0.2, 0.25) is 5.95 Å². The monoisotopic (exact) mass is 319 g/mol. The summed E-state index contributed by atoms with van der Waals surface area (Å²) in [6.07, 6.45) is 3.87. The number of carbonyl (C=O) groups is 1. The maximum atomic E-state index is 13.6. The summed E-state index contributed by atoms with van der Waals surface area (Å²) in [5, 5.41) is 0. The van der Waals surface area contributed by atoms with Crippen molar-refractivity contribution in [1.29, 1.82) is 0 Å². The van der Waals surface area contributed by atoms with Gasteiger partial charge in [0.15, 0.2) is 0 Å². The maximum Gasteiger partial charge on any atom is 0.277 e. The summed E-state index contributed by atoms with van der Waals surface area (Å²) in [5.41, 5.74) is 8.61. The summed E-state index contributed by atoms with van der Waals surface area (Å²) < 4.78 is 14.5. The predicted octanol–water partition coefficient (Wildman–Crippen LogP) is 2.84. The third-order valence-corrected chi connectivity index (χ3v) is 4.20. The second-order valence-corrected chi connectivity index (χ2v) is 5.72. The van der Waals surface area contributed by atoms with E-state index < -0.39 is 11.9 Å². The van der Waals surface area contributed by atoms with E-state index in [1.54, 1.807) is 6.07 Å². The first-order valence-corrected chi connectivity index (χ1v) is 7.38. The fraction of sp³-hybridized carbons (Fsp3) is 0.250. The second kappa shape index (κ2) is 6.02. The van der Waals surface area contributed by atoms with Crippen LogP contribution in [-0.2, 0) is 12.8 Å². The molecule has 2 N–H and O–H groups in total. The van der Waals surface area contributed by atoms with Crippen molar-refractivity contribution in [2.24, 2.45) is 5.73 Å². The number of pyridine rings is 1. The van der Waals surface area contributed by atoms with E-state index in [-0.39, 0.29) is 11.6 Å². The van der Waals surface area contributed by atoms with Crippen molar-refractivity contribution < 1.29 is 9.18 Å². The zero-order chi connectivity index (χ0) is 15.7. The van der Waals surface area contributed by atoms with Crippen LogP contribution < -0.4 is 10.2 Å². The van der Waals surface area contributed by atoms with Crippen LogP contribution in [0.4, 0.5) is 10.1 Å². The second-order valence-electron chi connectivity index (χ2n) is 5.38. The average molecular weight is 320 g/mol. The summed E-state index contributed by atoms with van der Waals surface area (Å²) in [6, 6.07) is 8.56. The summed E-state index contributed by atoms with van der Waals surface area (Å²) in [4.78, 5) is 15.7. The van der Waals surface area contributed by atoms with Crippen LogP contribution in [0.3, 0.4) is 0 Å². The van der Waals surface area contributed by atoms with Crippen molar-refractivity contribution in [1.82, 2.24) is 4.98 Å². The van der Waals surface area contributed by atoms with Crippen molar-refractivity contribution in [3.05, 3.63) is 59.2 Å². The topological polar surface area (TPSA) is 59.2 Å². The van der Waals surface area contributed by atoms with Crippen LogP contribution in [0.1, 0.15) is 27.9 Å². The number of rotatable bonds is 2. The molecule has 1 amide bonds. The van der Waals surface area contributed by atoms with Crippen LogP contribution in [0.15, 0.2) is 36.5 Å². The smallest absolute Gasteiger partial charge is 0.277 e. The fourth-order valence-electron chi connectivity index (χ4n) is 2.66. The Kier molecular flexibility index (Phi) is 4.09. The minimum atomic E-state index is -0.831. The summed E-state index contributed by atoms with van der Waals surface area (Å²) in [6.45, 7) is 0. The summed E-state index contributed by atoms with van der Waals surface area (Å²) in [7, 11) is 0. The van der Waals surface area contributed by atoms with E-state index in [0.717, 1.165) is 29.2 Å². The number of hydrogen-bond donors (Lipinski definition) is 1. The average Bonchev–Trinajstić information content (AvgIpc) is 2.53. The van der Waals surface area contributed by atoms with Gasteiger partial charge in [-0.3, -0.25) is 4.79 Å². The largest absolute Gasteiger partial charge is 0.327 e. The molecule has 0 bridgehead atoms. The number of aromatic nitrogens is 1. The van der Waals surface area contributed by atoms with E-state index in [4.69, 9.17) is 17.5 Å². The third-order valence-electron chi connectivity index (χ3n) is 3.85. The molecule has 0 unspecified atom stereocenters. The van der Waals surface area contributed by atoms with E-state index >= 15 is 0 Å². The van der Waals surface area contributed by atoms with Crippen molar-refractivity contribution >= 4 is 23.4 Å². The molecule has 1 aromatic carbocycles. The van der Waals surface area contributed by atoms with Gasteiger partial charge in [0.05, 0.1) is 11.3 Å². The van der Waals surface area contributed by atoms with Gasteiger partial charge in [-0.2, -0.15) is 4.39 Å². The molecule has 1 aliphatic carbocycles. The Morgan fingerprint density at radius 2 is 2.18 bits per heavy atom. The molecule has 0 spiro atoms. The van der Waals surface area contributed by atoms with Gasteiger partial charge < -0.3 is 5.73 Å². The SMILES string of the molecule is N[C@H]1CCc2cc(N(Cl)C(=O)c3cccnc3F)ccc2C1. The molecule has 0 aliphatic heterocycles. The van der Waals surface area contributed by atoms with Gasteiger partial charge >= 0.3 is 0 Å². The van der Waals surface area contributed by atoms with Crippen LogP contribution in [-0.4, -0.2) is 16.9 Å². The highest BCUT2D eigenvalue weighted by atomic mass is 35.5. The van der Waals surface area contributed by atoms with Gasteiger partial charge in [-0.25, -0.2) is 9.40 Å². The third kappa shape index (κ3) is 2.82. The lowest BCUT2D eigenvalue weighted by Gasteiger charge is -2.23. The van der Waals surface area contributed by atoms with Gasteiger partial charge in [0, 0.05) is 24.0 Å². The summed E-state index contributed by atoms with van der Waals surface area (Å²) in [5.74, 6) is -1.47. The highest BCUT2D eigenvalue weighted by molar-refractivity contribution is 6.39. The number of nitrogens with zero attached hydrogens (tertiary/aromatic N) is 2. The molecule has 6 heteroatoms. The normalized spacial score (nSPS) is 17.0. The first kappa shape index (κ1) is 14.9. The van der Waals surface area contributed by atoms with E-state index in [1.807, 2.05) is 12.1 Å². The lowest BCUT2D eigenvalue weighted by Crippen LogP contribution is -2.28. The first-order chi connectivity index (χ1) is 10.6. The van der Waals surface area contributed by atoms with Gasteiger partial charge in [0.25, 0.3) is 5.91 Å². The molecule has 0 fully saturated rings. The molecule has 1 aliphatic rings. The van der Waals surface area contributed by atoms with E-state index in [2.05, 4.69) is 4.98 Å². The van der Waals surface area contributed by atoms with Crippen LogP contribution in [0.25, 0.3) is 0 Å². The van der Waals surface area contributed by atoms with Crippen molar-refractivity contribution in [2.45, 2.75) is 25.3 Å². The first-order valence-electron chi connectivity index (χ1n) is 7.04. The van der Waals surface area contributed by atoms with Crippen molar-refractivity contribution in [3.63, 3.8) is 0 Å². The standard InChI is InChI=1S/C16H15ClFN3O/c17-21(16(22)14-2-1-7-20-15(14)18)13-6-4-10-8-12(19)5-3-11(10)9-13/h1-2,4,6-7,9,12H,3,5,8,19H2/t12-/m0/s1. The molecular weight excluding hydrogens is 305 g/mol. The maximum absolute atomic E-state index is 13.6. The fourth-order valence-corrected chi connectivity index (χ4v) is 2.86. The number of anilines is 1. The molecule has 114 valence electrons. The van der Waals surface area contributed by atoms with E-state index in [0.29, 0.717) is 5.69 Å². The van der Waals surface area contributed by atoms with Gasteiger partial charge in [-0.1, -0.05) is 6.07 Å². The lowest BCUT2D eigenvalue weighted by atomic mass is 9.88. The molecule has 4 nitrogen and oxygen atoms in total. The van der Waals surface area contributed by atoms with Gasteiger partial charge in [-0.05, 0) is 54.7 Å². The zero-order valence-corrected chi connectivity index (χ0v) is 12.6. The highest BCUT2D eigenvalue weighted by Gasteiger charge is 2.22. The Labute approximate surface area is 132 Å². The Hall–Kier alpha value is -1.98. The Balaban J connectivity index is 1.88. The minimum absolute atomic E-state index is 0.155. The van der Waals surface area contributed by atoms with Gasteiger partial charge in [0.1, 0.15) is 0 Å². The molecular formula is C16H15ClFN3O. The molecule has 1 atom stereocenters. The molecule has 0 saturated carbocycles. The molecule has 0 radical (unpaired) electrons. The Morgan fingerprint density at radius 3 is 2.95 bits per heavy atom. The minimum Gasteiger partial charge on any atom is -0.327 e. The molecule has 0 saturated heterocycles. The van der Waals surface area contributed by atoms with E-state index in [9.17, 15) is 9.18 Å². The number of aryl methyl sites for hydroxylation is 1. The summed E-state index contributed by atoms with van der Waals surface area (Å²) >= 11 is 6.10. The Bertz CT molecular complexity index is 722. The molecule has 22 heavy (non-hydrogen) atoms. The number of hydrogen-bond acceptors (Lipinski definition) is 3. The molecule has 1 aromatic heterocycles. The van der Waals surface area contributed by atoms with Crippen LogP contribution in [0.5, 0.6) is 0 Å². The van der Waals surface area contributed by atoms with Crippen LogP contribution >= 0.6 is 11.8 Å². The number of benzene rings is 1. The number of nitrogens with two attached hydrogens (primary N) is 1.